The highest BCUT2D eigenvalue weighted by Crippen LogP contribution is 2.33. The van der Waals surface area contributed by atoms with E-state index in [0.717, 1.165) is 0 Å². The molecule has 0 saturated carbocycles. The lowest BCUT2D eigenvalue weighted by atomic mass is 9.97. The minimum atomic E-state index is -1.15. The Hall–Kier alpha value is -7.79. The molecule has 1 unspecified atom stereocenters. The summed E-state index contributed by atoms with van der Waals surface area (Å²) >= 11 is 0. The van der Waals surface area contributed by atoms with Gasteiger partial charge in [0.1, 0.15) is 28.0 Å². The van der Waals surface area contributed by atoms with Crippen LogP contribution in [-0.2, 0) is 46.2 Å². The number of ketones is 2. The number of nitrogens with zero attached hydrogens (tertiary/aromatic N) is 5. The van der Waals surface area contributed by atoms with Crippen molar-refractivity contribution in [3.05, 3.63) is 114 Å². The molecular weight excluding hydrogens is 891 g/mol. The minimum Gasteiger partial charge on any atom is -0.478 e. The number of carbonyl (C=O) groups excluding carboxylic acids is 7. The summed E-state index contributed by atoms with van der Waals surface area (Å²) in [7, 11) is 0. The van der Waals surface area contributed by atoms with Gasteiger partial charge in [0.25, 0.3) is 0 Å². The van der Waals surface area contributed by atoms with Crippen molar-refractivity contribution in [1.29, 1.82) is 0 Å². The zero-order valence-electron chi connectivity index (χ0n) is 41.0. The highest BCUT2D eigenvalue weighted by molar-refractivity contribution is 6.07. The molecule has 19 heteroatoms. The Balaban J connectivity index is 0.000000359. The summed E-state index contributed by atoms with van der Waals surface area (Å²) in [4.78, 5) is 109. The number of carboxylic acids is 1. The van der Waals surface area contributed by atoms with Crippen molar-refractivity contribution in [2.24, 2.45) is 0 Å². The topological polar surface area (TPSA) is 273 Å². The Bertz CT molecular complexity index is 2560. The molecule has 2 amide bonds. The molecule has 19 nitrogen and oxygen atoms in total. The molecule has 2 atom stereocenters. The molecule has 0 bridgehead atoms. The lowest BCUT2D eigenvalue weighted by Crippen LogP contribution is -2.42. The van der Waals surface area contributed by atoms with Crippen LogP contribution in [0.4, 0.5) is 9.59 Å². The lowest BCUT2D eigenvalue weighted by molar-refractivity contribution is -0.191. The first-order valence-corrected chi connectivity index (χ1v) is 21.7. The number of nitrogens with one attached hydrogen (secondary N) is 2. The van der Waals surface area contributed by atoms with Crippen LogP contribution in [0.5, 0.6) is 0 Å². The van der Waals surface area contributed by atoms with Crippen molar-refractivity contribution in [2.45, 2.75) is 131 Å². The molecule has 0 aliphatic heterocycles. The first-order chi connectivity index (χ1) is 32.2. The number of rotatable bonds is 12. The van der Waals surface area contributed by atoms with E-state index in [9.17, 15) is 33.9 Å². The van der Waals surface area contributed by atoms with Gasteiger partial charge in [-0.25, -0.2) is 19.4 Å². The largest absolute Gasteiger partial charge is 0.478 e. The van der Waals surface area contributed by atoms with Crippen LogP contribution in [0.2, 0.25) is 0 Å². The molecule has 0 aromatic carbocycles. The number of hydrogen-bond donors (Lipinski definition) is 3. The average Bonchev–Trinajstić information content (AvgIpc) is 3.25. The van der Waals surface area contributed by atoms with Crippen LogP contribution in [0, 0.1) is 0 Å². The van der Waals surface area contributed by atoms with Gasteiger partial charge < -0.3 is 30.0 Å². The molecule has 0 aliphatic rings. The Labute approximate surface area is 401 Å². The Morgan fingerprint density at radius 1 is 0.667 bits per heavy atom. The molecular formula is C50H61N7O12. The fourth-order valence-corrected chi connectivity index (χ4v) is 5.89. The number of hydrogen-bond acceptors (Lipinski definition) is 16. The number of fused-ring (bicyclic) bond motifs is 1. The highest BCUT2D eigenvalue weighted by atomic mass is 16.6. The average molecular weight is 952 g/mol. The van der Waals surface area contributed by atoms with E-state index in [1.165, 1.54) is 6.20 Å². The van der Waals surface area contributed by atoms with Gasteiger partial charge in [0.05, 0.1) is 47.4 Å². The van der Waals surface area contributed by atoms with Crippen molar-refractivity contribution in [1.82, 2.24) is 35.6 Å². The second kappa shape index (κ2) is 26.5. The quantitative estimate of drug-likeness (QED) is 0.0606. The van der Waals surface area contributed by atoms with E-state index in [2.05, 4.69) is 35.6 Å². The summed E-state index contributed by atoms with van der Waals surface area (Å²) in [5.74, 6) is -1.66. The van der Waals surface area contributed by atoms with Crippen LogP contribution in [0.25, 0.3) is 22.3 Å². The van der Waals surface area contributed by atoms with Gasteiger partial charge in [-0.3, -0.25) is 34.3 Å². The van der Waals surface area contributed by atoms with Crippen LogP contribution in [0.1, 0.15) is 133 Å². The van der Waals surface area contributed by atoms with Crippen LogP contribution in [0.15, 0.2) is 85.5 Å². The molecule has 5 heterocycles. The fourth-order valence-electron chi connectivity index (χ4n) is 5.89. The third-order valence-electron chi connectivity index (χ3n) is 8.58. The van der Waals surface area contributed by atoms with E-state index < -0.39 is 47.0 Å². The number of esters is 1. The SMILES string of the molecule is CC(NC(=O)OC(C)(C)C)c1nc2cccnc2c(C(=O)O)c1-c1ccccn1.CCC(=O)c1ncccc1CC(=O)OC(C)(C)C.C[C@H](NC(=O)OC(C)(C)C)C(=O)Cc1ccccn1.O=C=O. The third kappa shape index (κ3) is 20.7. The maximum absolute atomic E-state index is 12.3. The third-order valence-corrected chi connectivity index (χ3v) is 8.58. The summed E-state index contributed by atoms with van der Waals surface area (Å²) in [6, 6.07) is 16.1. The van der Waals surface area contributed by atoms with Crippen LogP contribution >= 0.6 is 0 Å². The number of ether oxygens (including phenoxy) is 3. The summed E-state index contributed by atoms with van der Waals surface area (Å²) in [5.41, 5.74) is 1.68. The number of Topliss-reactive ketones (excluding diaryl/α,β-unsaturated/α-hetero) is 2. The monoisotopic (exact) mass is 951 g/mol. The van der Waals surface area contributed by atoms with Crippen molar-refractivity contribution in [2.75, 3.05) is 0 Å². The zero-order chi connectivity index (χ0) is 52.1. The summed E-state index contributed by atoms with van der Waals surface area (Å²) < 4.78 is 15.6. The number of carboxylic acid groups (broad SMARTS) is 1. The summed E-state index contributed by atoms with van der Waals surface area (Å²) in [6.07, 6.45) is 5.95. The summed E-state index contributed by atoms with van der Waals surface area (Å²) in [5, 5.41) is 15.2. The number of aromatic nitrogens is 5. The van der Waals surface area contributed by atoms with Crippen LogP contribution < -0.4 is 10.6 Å². The first kappa shape index (κ1) is 57.3. The van der Waals surface area contributed by atoms with Gasteiger partial charge in [0.2, 0.25) is 0 Å². The second-order valence-electron chi connectivity index (χ2n) is 18.0. The molecule has 0 fully saturated rings. The molecule has 368 valence electrons. The Morgan fingerprint density at radius 2 is 1.20 bits per heavy atom. The molecule has 0 radical (unpaired) electrons. The van der Waals surface area contributed by atoms with Crippen molar-refractivity contribution in [3.63, 3.8) is 0 Å². The number of carbonyl (C=O) groups is 6. The van der Waals surface area contributed by atoms with Crippen LogP contribution in [0.3, 0.4) is 0 Å². The second-order valence-corrected chi connectivity index (χ2v) is 18.0. The highest BCUT2D eigenvalue weighted by Gasteiger charge is 2.28. The lowest BCUT2D eigenvalue weighted by Gasteiger charge is -2.23. The van der Waals surface area contributed by atoms with E-state index in [1.807, 2.05) is 26.8 Å². The first-order valence-electron chi connectivity index (χ1n) is 21.7. The van der Waals surface area contributed by atoms with Gasteiger partial charge in [0.15, 0.2) is 11.6 Å². The van der Waals surface area contributed by atoms with Gasteiger partial charge in [-0.1, -0.05) is 25.1 Å². The maximum atomic E-state index is 12.3. The Kier molecular flexibility index (Phi) is 22.0. The van der Waals surface area contributed by atoms with Gasteiger partial charge in [-0.2, -0.15) is 9.59 Å². The van der Waals surface area contributed by atoms with Gasteiger partial charge >= 0.3 is 30.3 Å². The van der Waals surface area contributed by atoms with Crippen LogP contribution in [-0.4, -0.2) is 94.7 Å². The molecule has 0 saturated heterocycles. The standard InChI is InChI=1S/C21H22N4O4.C14H20N2O3.C14H19NO3.CO2/c1-12(24-20(28)29-21(2,3)4)17-15(13-8-5-6-10-22-13)16(19(26)27)18-14(25-17)9-7-11-23-18;1-10(16-13(18)19-14(2,3)4)12(17)9-11-7-5-6-8-15-11;1-5-11(16)13-10(7-6-8-15-13)9-12(17)18-14(2,3)4;2-1-3/h5-12H,1-4H3,(H,24,28)(H,26,27);5-8,10H,9H2,1-4H3,(H,16,18);6-8H,5,9H2,1-4H3;/t;10-;;/m.0../s1. The zero-order valence-corrected chi connectivity index (χ0v) is 41.0. The Morgan fingerprint density at radius 3 is 1.72 bits per heavy atom. The van der Waals surface area contributed by atoms with Crippen molar-refractivity contribution < 1.29 is 57.7 Å². The number of alkyl carbamates (subject to hydrolysis) is 2. The van der Waals surface area contributed by atoms with E-state index in [1.54, 1.807) is 136 Å². The number of pyridine rings is 5. The molecule has 0 spiro atoms. The normalized spacial score (nSPS) is 11.7. The minimum absolute atomic E-state index is 0.0119. The molecule has 69 heavy (non-hydrogen) atoms. The van der Waals surface area contributed by atoms with Gasteiger partial charge in [-0.05, 0) is 124 Å². The molecule has 5 aromatic rings. The fraction of sp³-hybridized carbons (Fsp3) is 0.400. The molecule has 5 aromatic heterocycles. The maximum Gasteiger partial charge on any atom is 0.408 e. The predicted octanol–water partition coefficient (Wildman–Crippen LogP) is 8.06. The van der Waals surface area contributed by atoms with Crippen molar-refractivity contribution in [3.8, 4) is 11.3 Å². The van der Waals surface area contributed by atoms with E-state index in [-0.39, 0.29) is 47.6 Å². The molecule has 5 rings (SSSR count). The van der Waals surface area contributed by atoms with E-state index in [0.29, 0.717) is 45.8 Å². The number of aromatic carboxylic acids is 1. The summed E-state index contributed by atoms with van der Waals surface area (Å²) in [6.45, 7) is 21.2. The molecule has 3 N–H and O–H groups in total. The number of amides is 2. The van der Waals surface area contributed by atoms with E-state index >= 15 is 0 Å². The van der Waals surface area contributed by atoms with E-state index in [4.69, 9.17) is 23.8 Å². The smallest absolute Gasteiger partial charge is 0.408 e. The predicted molar refractivity (Wildman–Crippen MR) is 253 cm³/mol. The van der Waals surface area contributed by atoms with Gasteiger partial charge in [-0.15, -0.1) is 0 Å². The van der Waals surface area contributed by atoms with Crippen molar-refractivity contribution >= 4 is 52.9 Å². The molecule has 0 aliphatic carbocycles. The van der Waals surface area contributed by atoms with Gasteiger partial charge in [0, 0.05) is 42.5 Å².